The van der Waals surface area contributed by atoms with Crippen LogP contribution in [0.5, 0.6) is 0 Å². The van der Waals surface area contributed by atoms with Crippen LogP contribution in [0.1, 0.15) is 0 Å². The standard InChI is InChI=1S/C6H4IO.C5H5.Fe/c7-6-3-1-2-5(6)4-8;1-2-4-5-3-1;/h1-4H;1-5H;/q;;+2. The molecular formula is C11H9FeIO+2. The third-order valence-corrected chi connectivity index (χ3v) is 2.46. The molecular weight excluding hydrogens is 331 g/mol. The molecule has 2 rings (SSSR count). The van der Waals surface area contributed by atoms with Crippen molar-refractivity contribution in [2.24, 2.45) is 0 Å². The summed E-state index contributed by atoms with van der Waals surface area (Å²) in [5, 5.41) is 0. The van der Waals surface area contributed by atoms with E-state index in [1.165, 1.54) is 0 Å². The van der Waals surface area contributed by atoms with Gasteiger partial charge in [0.25, 0.3) is 0 Å². The monoisotopic (exact) mass is 340 g/mol. The molecule has 0 aromatic carbocycles. The molecule has 72 valence electrons. The molecule has 2 aliphatic rings. The van der Waals surface area contributed by atoms with E-state index < -0.39 is 0 Å². The van der Waals surface area contributed by atoms with Gasteiger partial charge in [0, 0.05) is 0 Å². The van der Waals surface area contributed by atoms with Gasteiger partial charge in [0.2, 0.25) is 0 Å². The van der Waals surface area contributed by atoms with Gasteiger partial charge in [-0.05, 0) is 51.4 Å². The maximum absolute atomic E-state index is 10.1. The predicted molar refractivity (Wildman–Crippen MR) is 61.0 cm³/mol. The summed E-state index contributed by atoms with van der Waals surface area (Å²) < 4.78 is 1.03. The zero-order chi connectivity index (χ0) is 9.52. The summed E-state index contributed by atoms with van der Waals surface area (Å²) in [7, 11) is 0. The van der Waals surface area contributed by atoms with Gasteiger partial charge in [0.05, 0.1) is 9.84 Å². The number of aldehydes is 1. The zero-order valence-corrected chi connectivity index (χ0v) is 10.6. The Kier molecular flexibility index (Phi) is 9.77. The number of hydrogen-bond donors (Lipinski definition) is 0. The smallest absolute Gasteiger partial charge is 0.303 e. The van der Waals surface area contributed by atoms with Gasteiger partial charge < -0.3 is 4.79 Å². The second kappa shape index (κ2) is 9.17. The molecule has 0 N–H and O–H groups in total. The van der Waals surface area contributed by atoms with Crippen molar-refractivity contribution in [3.8, 4) is 0 Å². The van der Waals surface area contributed by atoms with Crippen molar-refractivity contribution in [2.75, 3.05) is 0 Å². The normalized spacial score (nSPS) is 22.4. The van der Waals surface area contributed by atoms with Crippen LogP contribution in [-0.4, -0.2) is 6.29 Å². The molecule has 0 heterocycles. The van der Waals surface area contributed by atoms with Crippen molar-refractivity contribution in [1.29, 1.82) is 0 Å². The van der Waals surface area contributed by atoms with Gasteiger partial charge in [0.15, 0.2) is 0 Å². The minimum atomic E-state index is 0. The summed E-state index contributed by atoms with van der Waals surface area (Å²) >= 11 is 2.12. The Bertz CT molecular complexity index is 141. The third-order valence-electron chi connectivity index (χ3n) is 1.48. The molecule has 0 amide bonds. The van der Waals surface area contributed by atoms with Crippen LogP contribution in [0, 0.1) is 61.2 Å². The van der Waals surface area contributed by atoms with E-state index in [0.717, 1.165) is 16.1 Å². The second-order valence-corrected chi connectivity index (χ2v) is 3.57. The molecule has 0 aromatic heterocycles. The number of rotatable bonds is 1. The maximum atomic E-state index is 10.1. The summed E-state index contributed by atoms with van der Waals surface area (Å²) in [6.07, 6.45) is 16.4. The molecule has 0 spiro atoms. The van der Waals surface area contributed by atoms with Crippen LogP contribution in [0.2, 0.25) is 0 Å². The minimum absolute atomic E-state index is 0. The quantitative estimate of drug-likeness (QED) is 0.407. The van der Waals surface area contributed by atoms with Crippen LogP contribution in [0.15, 0.2) is 0 Å². The molecule has 0 aliphatic heterocycles. The average molecular weight is 340 g/mol. The molecule has 2 aliphatic carbocycles. The van der Waals surface area contributed by atoms with Crippen LogP contribution >= 0.6 is 22.6 Å². The number of halogens is 1. The van der Waals surface area contributed by atoms with Crippen LogP contribution in [0.4, 0.5) is 0 Å². The van der Waals surface area contributed by atoms with Crippen molar-refractivity contribution in [1.82, 2.24) is 0 Å². The first-order valence-corrected chi connectivity index (χ1v) is 4.95. The Labute approximate surface area is 111 Å². The summed E-state index contributed by atoms with van der Waals surface area (Å²) in [5.74, 6) is 0.783. The van der Waals surface area contributed by atoms with E-state index in [1.807, 2.05) is 44.9 Å². The fourth-order valence-corrected chi connectivity index (χ4v) is 1.34. The first-order valence-electron chi connectivity index (χ1n) is 3.87. The van der Waals surface area contributed by atoms with Crippen molar-refractivity contribution in [3.05, 3.63) is 61.2 Å². The van der Waals surface area contributed by atoms with E-state index in [0.29, 0.717) is 0 Å². The topological polar surface area (TPSA) is 17.1 Å². The Morgan fingerprint density at radius 2 is 1.43 bits per heavy atom. The Balaban J connectivity index is 0.000000246. The molecule has 14 heavy (non-hydrogen) atoms. The van der Waals surface area contributed by atoms with E-state index in [1.54, 1.807) is 6.42 Å². The van der Waals surface area contributed by atoms with Crippen LogP contribution < -0.4 is 0 Å². The maximum Gasteiger partial charge on any atom is 2.00 e. The number of hydrogen-bond acceptors (Lipinski definition) is 1. The van der Waals surface area contributed by atoms with Gasteiger partial charge in [-0.2, -0.15) is 0 Å². The third kappa shape index (κ3) is 5.72. The largest absolute Gasteiger partial charge is 2.00 e. The summed E-state index contributed by atoms with van der Waals surface area (Å²) in [5.41, 5.74) is 0. The van der Waals surface area contributed by atoms with Gasteiger partial charge in [-0.25, -0.2) is 0 Å². The summed E-state index contributed by atoms with van der Waals surface area (Å²) in [4.78, 5) is 10.1. The molecule has 10 radical (unpaired) electrons. The summed E-state index contributed by atoms with van der Waals surface area (Å²) in [6, 6.07) is 0. The molecule has 0 unspecified atom stereocenters. The van der Waals surface area contributed by atoms with Crippen molar-refractivity contribution >= 4 is 28.9 Å². The van der Waals surface area contributed by atoms with E-state index in [9.17, 15) is 4.79 Å². The van der Waals surface area contributed by atoms with Gasteiger partial charge in [0.1, 0.15) is 6.29 Å². The molecule has 0 saturated heterocycles. The van der Waals surface area contributed by atoms with Crippen molar-refractivity contribution in [2.45, 2.75) is 0 Å². The number of carbonyl (C=O) groups excluding carboxylic acids is 1. The molecule has 1 nitrogen and oxygen atoms in total. The van der Waals surface area contributed by atoms with Crippen molar-refractivity contribution < 1.29 is 21.9 Å². The molecule has 2 fully saturated rings. The Morgan fingerprint density at radius 1 is 0.929 bits per heavy atom. The van der Waals surface area contributed by atoms with Gasteiger partial charge >= 0.3 is 17.1 Å². The molecule has 2 saturated carbocycles. The fraction of sp³-hybridized carbons (Fsp3) is 0. The molecule has 0 bridgehead atoms. The predicted octanol–water partition coefficient (Wildman–Crippen LogP) is 2.37. The van der Waals surface area contributed by atoms with Crippen molar-refractivity contribution in [3.63, 3.8) is 0 Å². The van der Waals surface area contributed by atoms with Crippen LogP contribution in [-0.2, 0) is 21.9 Å². The van der Waals surface area contributed by atoms with E-state index in [-0.39, 0.29) is 17.1 Å². The summed E-state index contributed by atoms with van der Waals surface area (Å²) in [6.45, 7) is 0. The SMILES string of the molecule is O=C[C]1[CH][CH][CH][C]1I.[CH]1[CH][CH][CH][CH]1.[Fe+2]. The first kappa shape index (κ1) is 14.9. The van der Waals surface area contributed by atoms with Crippen LogP contribution in [0.3, 0.4) is 0 Å². The van der Waals surface area contributed by atoms with E-state index in [4.69, 9.17) is 0 Å². The van der Waals surface area contributed by atoms with Gasteiger partial charge in [-0.15, -0.1) is 0 Å². The molecule has 0 atom stereocenters. The fourth-order valence-electron chi connectivity index (χ4n) is 0.828. The average Bonchev–Trinajstić information content (AvgIpc) is 2.76. The van der Waals surface area contributed by atoms with Gasteiger partial charge in [-0.3, -0.25) is 0 Å². The number of carbonyl (C=O) groups is 1. The first-order chi connectivity index (χ1) is 6.34. The Hall–Kier alpha value is 0.919. The Morgan fingerprint density at radius 3 is 1.64 bits per heavy atom. The molecule has 0 aromatic rings. The van der Waals surface area contributed by atoms with E-state index in [2.05, 4.69) is 22.6 Å². The molecule has 3 heteroatoms. The minimum Gasteiger partial charge on any atom is -0.303 e. The second-order valence-electron chi connectivity index (χ2n) is 2.41. The van der Waals surface area contributed by atoms with E-state index >= 15 is 0 Å². The van der Waals surface area contributed by atoms with Gasteiger partial charge in [-0.1, -0.05) is 22.6 Å². The van der Waals surface area contributed by atoms with Crippen LogP contribution in [0.25, 0.3) is 0 Å². The zero-order valence-electron chi connectivity index (χ0n) is 7.34.